The summed E-state index contributed by atoms with van der Waals surface area (Å²) in [6, 6.07) is 12.0. The Morgan fingerprint density at radius 1 is 0.821 bits per heavy atom. The van der Waals surface area contributed by atoms with Crippen molar-refractivity contribution in [3.05, 3.63) is 67.0 Å². The standard InChI is InChI=1S/C15H19ClN2S.C9H15N3.C5H5ClOS/c16-15-9-8-13(19-15)7-6-12-10-14(18-17-12)11-4-2-1-3-5-11;10-9-6-8(11-12-9)7-4-2-1-3-5-7;1-7-5-3-2-4(6)8-5/h8-11H,1-7H2,(H,17,18);6-7H,1-5H2,(H3,10,11,12);2-3H,1H3. The van der Waals surface area contributed by atoms with Crippen LogP contribution in [0.25, 0.3) is 0 Å². The minimum atomic E-state index is 0.621. The highest BCUT2D eigenvalue weighted by atomic mass is 35.5. The Bertz CT molecular complexity index is 1240. The molecule has 0 aromatic carbocycles. The van der Waals surface area contributed by atoms with Gasteiger partial charge < -0.3 is 10.5 Å². The number of hydrogen-bond donors (Lipinski definition) is 3. The Balaban J connectivity index is 0.000000150. The van der Waals surface area contributed by atoms with Crippen molar-refractivity contribution in [2.24, 2.45) is 0 Å². The number of halogens is 2. The van der Waals surface area contributed by atoms with Crippen LogP contribution in [0.3, 0.4) is 0 Å². The van der Waals surface area contributed by atoms with Crippen LogP contribution in [-0.4, -0.2) is 27.5 Å². The summed E-state index contributed by atoms with van der Waals surface area (Å²) in [7, 11) is 1.63. The quantitative estimate of drug-likeness (QED) is 0.203. The Morgan fingerprint density at radius 3 is 2.03 bits per heavy atom. The molecule has 39 heavy (non-hydrogen) atoms. The molecule has 2 fully saturated rings. The summed E-state index contributed by atoms with van der Waals surface area (Å²) in [5.74, 6) is 1.99. The number of nitrogens with zero attached hydrogens (tertiary/aromatic N) is 2. The van der Waals surface area contributed by atoms with E-state index in [-0.39, 0.29) is 0 Å². The number of rotatable bonds is 6. The number of H-pyrrole nitrogens is 2. The maximum Gasteiger partial charge on any atom is 0.174 e. The lowest BCUT2D eigenvalue weighted by Gasteiger charge is -2.19. The number of thiophene rings is 2. The molecule has 4 aromatic rings. The topological polar surface area (TPSA) is 92.6 Å². The zero-order valence-corrected chi connectivity index (χ0v) is 25.7. The summed E-state index contributed by atoms with van der Waals surface area (Å²) in [6.07, 6.45) is 15.5. The van der Waals surface area contributed by atoms with Crippen LogP contribution >= 0.6 is 45.9 Å². The molecular weight excluding hydrogens is 569 g/mol. The number of nitrogens with two attached hydrogens (primary N) is 1. The van der Waals surface area contributed by atoms with Gasteiger partial charge in [0.1, 0.15) is 5.82 Å². The lowest BCUT2D eigenvalue weighted by atomic mass is 9.87. The monoisotopic (exact) mass is 607 g/mol. The highest BCUT2D eigenvalue weighted by Crippen LogP contribution is 2.33. The number of anilines is 1. The summed E-state index contributed by atoms with van der Waals surface area (Å²) < 4.78 is 6.51. The summed E-state index contributed by atoms with van der Waals surface area (Å²) in [6.45, 7) is 0. The van der Waals surface area contributed by atoms with Crippen LogP contribution < -0.4 is 10.5 Å². The Hall–Kier alpha value is -2.00. The van der Waals surface area contributed by atoms with Crippen molar-refractivity contribution in [1.29, 1.82) is 0 Å². The van der Waals surface area contributed by atoms with E-state index in [9.17, 15) is 0 Å². The smallest absolute Gasteiger partial charge is 0.174 e. The number of aryl methyl sites for hydroxylation is 2. The number of nitrogens with one attached hydrogen (secondary N) is 2. The Labute approximate surface area is 249 Å². The van der Waals surface area contributed by atoms with Gasteiger partial charge in [-0.25, -0.2) is 0 Å². The first-order chi connectivity index (χ1) is 19.0. The van der Waals surface area contributed by atoms with E-state index in [0.29, 0.717) is 17.7 Å². The van der Waals surface area contributed by atoms with Gasteiger partial charge in [0.2, 0.25) is 0 Å². The van der Waals surface area contributed by atoms with Gasteiger partial charge in [0.25, 0.3) is 0 Å². The van der Waals surface area contributed by atoms with Gasteiger partial charge >= 0.3 is 0 Å². The minimum Gasteiger partial charge on any atom is -0.487 e. The molecule has 2 aliphatic rings. The SMILES string of the molecule is COc1ccc(Cl)s1.Clc1ccc(CCc2cc(C3CCCCC3)n[nH]2)s1.Nc1cc(C2CCCCC2)[nH]n1. The fourth-order valence-electron chi connectivity index (χ4n) is 5.24. The Morgan fingerprint density at radius 2 is 1.49 bits per heavy atom. The maximum atomic E-state index is 5.95. The summed E-state index contributed by atoms with van der Waals surface area (Å²) in [5, 5.41) is 15.5. The molecule has 0 saturated heterocycles. The Kier molecular flexibility index (Phi) is 12.1. The molecule has 6 nitrogen and oxygen atoms in total. The van der Waals surface area contributed by atoms with Crippen LogP contribution in [0.4, 0.5) is 5.82 Å². The average molecular weight is 609 g/mol. The third kappa shape index (κ3) is 9.85. The van der Waals surface area contributed by atoms with Crippen LogP contribution in [0, 0.1) is 0 Å². The summed E-state index contributed by atoms with van der Waals surface area (Å²) in [4.78, 5) is 1.35. The molecule has 6 rings (SSSR count). The molecule has 0 amide bonds. The van der Waals surface area contributed by atoms with Gasteiger partial charge in [0.15, 0.2) is 5.06 Å². The predicted molar refractivity (Wildman–Crippen MR) is 166 cm³/mol. The molecule has 0 atom stereocenters. The van der Waals surface area contributed by atoms with Gasteiger partial charge in [-0.15, -0.1) is 11.3 Å². The highest BCUT2D eigenvalue weighted by Gasteiger charge is 2.18. The summed E-state index contributed by atoms with van der Waals surface area (Å²) >= 11 is 14.6. The van der Waals surface area contributed by atoms with E-state index in [2.05, 4.69) is 32.5 Å². The van der Waals surface area contributed by atoms with Crippen LogP contribution in [0.15, 0.2) is 36.4 Å². The molecular formula is C29H39Cl2N5OS2. The van der Waals surface area contributed by atoms with Gasteiger partial charge in [-0.2, -0.15) is 10.2 Å². The lowest BCUT2D eigenvalue weighted by Crippen LogP contribution is -2.04. The third-order valence-corrected chi connectivity index (χ3v) is 9.84. The largest absolute Gasteiger partial charge is 0.487 e. The number of nitrogen functional groups attached to an aromatic ring is 1. The lowest BCUT2D eigenvalue weighted by molar-refractivity contribution is 0.427. The number of ether oxygens (including phenoxy) is 1. The molecule has 2 saturated carbocycles. The molecule has 4 heterocycles. The van der Waals surface area contributed by atoms with Gasteiger partial charge in [0, 0.05) is 34.2 Å². The van der Waals surface area contributed by atoms with E-state index in [1.165, 1.54) is 97.5 Å². The van der Waals surface area contributed by atoms with E-state index in [1.54, 1.807) is 18.4 Å². The van der Waals surface area contributed by atoms with Gasteiger partial charge in [-0.05, 0) is 68.9 Å². The van der Waals surface area contributed by atoms with Crippen LogP contribution in [0.1, 0.15) is 98.0 Å². The molecule has 0 radical (unpaired) electrons. The van der Waals surface area contributed by atoms with E-state index >= 15 is 0 Å². The molecule has 0 spiro atoms. The normalized spacial score (nSPS) is 16.2. The van der Waals surface area contributed by atoms with Crippen molar-refractivity contribution in [3.8, 4) is 5.06 Å². The van der Waals surface area contributed by atoms with Gasteiger partial charge in [0.05, 0.1) is 21.5 Å². The van der Waals surface area contributed by atoms with Crippen LogP contribution in [0.2, 0.25) is 8.67 Å². The second kappa shape index (κ2) is 15.7. The average Bonchev–Trinajstić information content (AvgIpc) is 3.78. The minimum absolute atomic E-state index is 0.621. The molecule has 4 N–H and O–H groups in total. The second-order valence-corrected chi connectivity index (χ2v) is 13.7. The van der Waals surface area contributed by atoms with Crippen molar-refractivity contribution in [2.45, 2.75) is 88.9 Å². The van der Waals surface area contributed by atoms with Gasteiger partial charge in [-0.1, -0.05) is 73.1 Å². The highest BCUT2D eigenvalue weighted by molar-refractivity contribution is 7.17. The summed E-state index contributed by atoms with van der Waals surface area (Å²) in [5.41, 5.74) is 9.30. The maximum absolute atomic E-state index is 5.95. The molecule has 2 aliphatic carbocycles. The van der Waals surface area contributed by atoms with Crippen molar-refractivity contribution in [1.82, 2.24) is 20.4 Å². The van der Waals surface area contributed by atoms with Crippen LogP contribution in [-0.2, 0) is 12.8 Å². The van der Waals surface area contributed by atoms with E-state index < -0.39 is 0 Å². The molecule has 10 heteroatoms. The molecule has 0 bridgehead atoms. The molecule has 0 unspecified atom stereocenters. The molecule has 4 aromatic heterocycles. The first-order valence-electron chi connectivity index (χ1n) is 13.9. The first kappa shape index (κ1) is 30.0. The van der Waals surface area contributed by atoms with Crippen molar-refractivity contribution < 1.29 is 4.74 Å². The molecule has 0 aliphatic heterocycles. The second-order valence-electron chi connectivity index (χ2n) is 10.2. The predicted octanol–water partition coefficient (Wildman–Crippen LogP) is 9.41. The fraction of sp³-hybridized carbons (Fsp3) is 0.517. The molecule has 212 valence electrons. The van der Waals surface area contributed by atoms with E-state index in [4.69, 9.17) is 33.7 Å². The van der Waals surface area contributed by atoms with E-state index in [1.807, 2.05) is 24.3 Å². The zero-order valence-electron chi connectivity index (χ0n) is 22.6. The van der Waals surface area contributed by atoms with Crippen molar-refractivity contribution in [2.75, 3.05) is 12.8 Å². The van der Waals surface area contributed by atoms with Gasteiger partial charge in [-0.3, -0.25) is 10.2 Å². The van der Waals surface area contributed by atoms with Crippen molar-refractivity contribution >= 4 is 51.7 Å². The number of aromatic nitrogens is 4. The van der Waals surface area contributed by atoms with Crippen LogP contribution in [0.5, 0.6) is 5.06 Å². The fourth-order valence-corrected chi connectivity index (χ4v) is 7.17. The van der Waals surface area contributed by atoms with E-state index in [0.717, 1.165) is 26.6 Å². The number of methoxy groups -OCH3 is 1. The number of aromatic amines is 2. The zero-order chi connectivity index (χ0) is 27.5. The third-order valence-electron chi connectivity index (χ3n) is 7.36. The first-order valence-corrected chi connectivity index (χ1v) is 16.3. The number of hydrogen-bond acceptors (Lipinski definition) is 6. The van der Waals surface area contributed by atoms with Crippen molar-refractivity contribution in [3.63, 3.8) is 0 Å².